The fourth-order valence-electron chi connectivity index (χ4n) is 11.5. The highest BCUT2D eigenvalue weighted by atomic mass is 16.6. The van der Waals surface area contributed by atoms with Gasteiger partial charge in [-0.3, -0.25) is 4.79 Å². The molecule has 0 radical (unpaired) electrons. The first-order chi connectivity index (χ1) is 20.6. The zero-order valence-electron chi connectivity index (χ0n) is 28.9. The molecule has 4 fully saturated rings. The lowest BCUT2D eigenvalue weighted by Crippen LogP contribution is -2.65. The molecule has 1 N–H and O–H groups in total. The summed E-state index contributed by atoms with van der Waals surface area (Å²) >= 11 is 0. The second-order valence-corrected chi connectivity index (χ2v) is 17.2. The lowest BCUT2D eigenvalue weighted by atomic mass is 9.33. The van der Waals surface area contributed by atoms with Crippen molar-refractivity contribution in [2.24, 2.45) is 50.2 Å². The molecule has 0 saturated heterocycles. The van der Waals surface area contributed by atoms with Gasteiger partial charge in [-0.1, -0.05) is 60.1 Å². The Balaban J connectivity index is 1.32. The zero-order valence-corrected chi connectivity index (χ0v) is 28.9. The number of hydrogen-bond donors (Lipinski definition) is 1. The molecule has 0 aliphatic heterocycles. The first-order valence-electron chi connectivity index (χ1n) is 17.4. The lowest BCUT2D eigenvalue weighted by molar-refractivity contribution is -0.215. The van der Waals surface area contributed by atoms with E-state index in [1.165, 1.54) is 5.57 Å². The molecule has 5 aliphatic carbocycles. The van der Waals surface area contributed by atoms with E-state index in [-0.39, 0.29) is 51.7 Å². The molecule has 250 valence electrons. The number of ether oxygens (including phenoxy) is 4. The molecule has 0 heterocycles. The molecule has 0 amide bonds. The number of carboxylic acids is 1. The Morgan fingerprint density at radius 3 is 2.23 bits per heavy atom. The van der Waals surface area contributed by atoms with Gasteiger partial charge < -0.3 is 24.1 Å². The third kappa shape index (κ3) is 5.39. The first-order valence-corrected chi connectivity index (χ1v) is 17.4. The predicted molar refractivity (Wildman–Crippen MR) is 170 cm³/mol. The smallest absolute Gasteiger partial charge is 0.332 e. The maximum atomic E-state index is 12.9. The van der Waals surface area contributed by atoms with Gasteiger partial charge in [0.05, 0.1) is 31.8 Å². The molecule has 4 saturated carbocycles. The van der Waals surface area contributed by atoms with Crippen molar-refractivity contribution < 1.29 is 33.6 Å². The number of aliphatic carboxylic acids is 1. The fraction of sp³-hybridized carbons (Fsp3) is 0.892. The normalized spacial score (nSPS) is 42.1. The van der Waals surface area contributed by atoms with Gasteiger partial charge in [-0.2, -0.15) is 0 Å². The van der Waals surface area contributed by atoms with Crippen molar-refractivity contribution in [3.8, 4) is 0 Å². The van der Waals surface area contributed by atoms with Crippen LogP contribution in [0.2, 0.25) is 0 Å². The monoisotopic (exact) mass is 616 g/mol. The molecular weight excluding hydrogens is 556 g/mol. The average molecular weight is 617 g/mol. The maximum absolute atomic E-state index is 12.9. The van der Waals surface area contributed by atoms with Gasteiger partial charge in [-0.15, -0.1) is 0 Å². The average Bonchev–Trinajstić information content (AvgIpc) is 2.94. The number of carbonyl (C=O) groups is 2. The van der Waals surface area contributed by atoms with E-state index in [1.807, 2.05) is 0 Å². The molecule has 0 spiro atoms. The molecule has 7 heteroatoms. The third-order valence-corrected chi connectivity index (χ3v) is 14.3. The Hall–Kier alpha value is -1.44. The molecule has 0 unspecified atom stereocenters. The Morgan fingerprint density at radius 1 is 0.841 bits per heavy atom. The summed E-state index contributed by atoms with van der Waals surface area (Å²) in [5.41, 5.74) is 1.17. The van der Waals surface area contributed by atoms with Crippen LogP contribution in [0.4, 0.5) is 0 Å². The Labute approximate surface area is 266 Å². The van der Waals surface area contributed by atoms with Crippen LogP contribution in [-0.4, -0.2) is 63.3 Å². The molecule has 0 aromatic rings. The van der Waals surface area contributed by atoms with Crippen molar-refractivity contribution in [2.75, 3.05) is 40.1 Å². The first kappa shape index (κ1) is 33.9. The van der Waals surface area contributed by atoms with Crippen LogP contribution in [0.15, 0.2) is 11.6 Å². The summed E-state index contributed by atoms with van der Waals surface area (Å²) in [6, 6.07) is 0. The van der Waals surface area contributed by atoms with Gasteiger partial charge in [0.15, 0.2) is 0 Å². The van der Waals surface area contributed by atoms with Crippen molar-refractivity contribution in [1.82, 2.24) is 0 Å². The molecule has 5 aliphatic rings. The Kier molecular flexibility index (Phi) is 9.23. The topological polar surface area (TPSA) is 91.3 Å². The molecule has 0 aromatic carbocycles. The highest BCUT2D eigenvalue weighted by molar-refractivity contribution is 5.76. The summed E-state index contributed by atoms with van der Waals surface area (Å²) in [5, 5.41) is 10.6. The van der Waals surface area contributed by atoms with Crippen molar-refractivity contribution in [1.29, 1.82) is 0 Å². The Bertz CT molecular complexity index is 1130. The molecule has 0 aromatic heterocycles. The van der Waals surface area contributed by atoms with Gasteiger partial charge in [0.25, 0.3) is 0 Å². The van der Waals surface area contributed by atoms with Crippen LogP contribution < -0.4 is 0 Å². The number of rotatable bonds is 10. The third-order valence-electron chi connectivity index (χ3n) is 14.3. The second kappa shape index (κ2) is 12.0. The summed E-state index contributed by atoms with van der Waals surface area (Å²) in [6.45, 7) is 18.7. The minimum atomic E-state index is -0.601. The zero-order chi connectivity index (χ0) is 32.2. The predicted octanol–water partition coefficient (Wildman–Crippen LogP) is 7.46. The summed E-state index contributed by atoms with van der Waals surface area (Å²) in [6.07, 6.45) is 12.1. The highest BCUT2D eigenvalue weighted by Crippen LogP contribution is 2.75. The van der Waals surface area contributed by atoms with Crippen LogP contribution in [0, 0.1) is 50.2 Å². The van der Waals surface area contributed by atoms with Crippen molar-refractivity contribution in [3.63, 3.8) is 0 Å². The van der Waals surface area contributed by atoms with Crippen molar-refractivity contribution in [3.05, 3.63) is 11.6 Å². The molecule has 5 rings (SSSR count). The van der Waals surface area contributed by atoms with E-state index in [1.54, 1.807) is 7.11 Å². The summed E-state index contributed by atoms with van der Waals surface area (Å²) in [5.74, 6) is 0.245. The summed E-state index contributed by atoms with van der Waals surface area (Å²) in [4.78, 5) is 25.8. The van der Waals surface area contributed by atoms with E-state index in [0.717, 1.165) is 64.2 Å². The SMILES string of the molecule is COCCOCCOCC(=O)O[C@H]1CC[C@]2(C)[C@H]3CC=C4[C@@H]5CC(C)(C)CC[C@]5(C(=O)O)CC[C@@]4(C)[C@]3(C)CC[C@H]2C1(C)C. The standard InChI is InChI=1S/C37H60O7/c1-32(2)15-17-37(31(39)40)18-16-35(6)25(26(37)23-32)9-10-28-34(5)13-12-29(33(3,4)27(34)11-14-36(28,35)7)44-30(38)24-43-22-21-42-20-19-41-8/h9,26-29H,10-24H2,1-8H3,(H,39,40)/t26-,27-,28+,29-,34-,35+,36+,37-/m0/s1. The number of methoxy groups -OCH3 is 1. The molecule has 7 nitrogen and oxygen atoms in total. The number of hydrogen-bond acceptors (Lipinski definition) is 6. The quantitative estimate of drug-likeness (QED) is 0.155. The highest BCUT2D eigenvalue weighted by Gasteiger charge is 2.69. The summed E-state index contributed by atoms with van der Waals surface area (Å²) in [7, 11) is 1.64. The second-order valence-electron chi connectivity index (χ2n) is 17.2. The molecule has 0 bridgehead atoms. The van der Waals surface area contributed by atoms with Gasteiger partial charge in [-0.05, 0) is 104 Å². The fourth-order valence-corrected chi connectivity index (χ4v) is 11.5. The van der Waals surface area contributed by atoms with E-state index >= 15 is 0 Å². The van der Waals surface area contributed by atoms with E-state index in [4.69, 9.17) is 18.9 Å². The van der Waals surface area contributed by atoms with E-state index in [2.05, 4.69) is 54.5 Å². The molecule has 44 heavy (non-hydrogen) atoms. The van der Waals surface area contributed by atoms with E-state index in [0.29, 0.717) is 38.3 Å². The number of fused-ring (bicyclic) bond motifs is 7. The van der Waals surface area contributed by atoms with Gasteiger partial charge in [-0.25, -0.2) is 4.79 Å². The van der Waals surface area contributed by atoms with Crippen molar-refractivity contribution in [2.45, 2.75) is 119 Å². The van der Waals surface area contributed by atoms with Gasteiger partial charge in [0.2, 0.25) is 0 Å². The molecular formula is C37H60O7. The van der Waals surface area contributed by atoms with Crippen LogP contribution in [0.5, 0.6) is 0 Å². The number of allylic oxidation sites excluding steroid dienone is 2. The van der Waals surface area contributed by atoms with Crippen LogP contribution in [-0.2, 0) is 28.5 Å². The number of esters is 1. The van der Waals surface area contributed by atoms with E-state index in [9.17, 15) is 14.7 Å². The van der Waals surface area contributed by atoms with Gasteiger partial charge in [0, 0.05) is 12.5 Å². The summed E-state index contributed by atoms with van der Waals surface area (Å²) < 4.78 is 22.1. The van der Waals surface area contributed by atoms with Crippen LogP contribution in [0.3, 0.4) is 0 Å². The minimum Gasteiger partial charge on any atom is -0.481 e. The van der Waals surface area contributed by atoms with E-state index < -0.39 is 11.4 Å². The van der Waals surface area contributed by atoms with Crippen molar-refractivity contribution >= 4 is 11.9 Å². The number of carbonyl (C=O) groups excluding carboxylic acids is 1. The molecule has 8 atom stereocenters. The number of carboxylic acid groups (broad SMARTS) is 1. The van der Waals surface area contributed by atoms with Gasteiger partial charge >= 0.3 is 11.9 Å². The van der Waals surface area contributed by atoms with Crippen LogP contribution in [0.25, 0.3) is 0 Å². The van der Waals surface area contributed by atoms with Crippen LogP contribution in [0.1, 0.15) is 113 Å². The Morgan fingerprint density at radius 2 is 1.52 bits per heavy atom. The lowest BCUT2D eigenvalue weighted by Gasteiger charge is -2.71. The van der Waals surface area contributed by atoms with Crippen LogP contribution >= 0.6 is 0 Å². The minimum absolute atomic E-state index is 0.0129. The van der Waals surface area contributed by atoms with Gasteiger partial charge in [0.1, 0.15) is 12.7 Å². The largest absolute Gasteiger partial charge is 0.481 e. The maximum Gasteiger partial charge on any atom is 0.332 e.